The van der Waals surface area contributed by atoms with Gasteiger partial charge in [-0.25, -0.2) is 4.79 Å². The third kappa shape index (κ3) is 5.83. The topological polar surface area (TPSA) is 75.6 Å². The first-order valence-electron chi connectivity index (χ1n) is 5.86. The number of ether oxygens (including phenoxy) is 1. The maximum atomic E-state index is 11.3. The molecule has 5 nitrogen and oxygen atoms in total. The van der Waals surface area contributed by atoms with E-state index in [1.807, 2.05) is 36.4 Å². The molecule has 0 saturated heterocycles. The summed E-state index contributed by atoms with van der Waals surface area (Å²) in [5, 5.41) is 11.4. The van der Waals surface area contributed by atoms with Crippen LogP contribution in [0.3, 0.4) is 0 Å². The molecule has 1 amide bonds. The molecule has 0 unspecified atom stereocenters. The summed E-state index contributed by atoms with van der Waals surface area (Å²) in [5.74, 6) is -1.51. The molecular formula is C14H17NO4. The van der Waals surface area contributed by atoms with E-state index in [-0.39, 0.29) is 13.0 Å². The van der Waals surface area contributed by atoms with Crippen LogP contribution in [0.5, 0.6) is 0 Å². The predicted molar refractivity (Wildman–Crippen MR) is 71.5 cm³/mol. The number of hydrogen-bond donors (Lipinski definition) is 2. The number of carbonyl (C=O) groups is 2. The molecule has 2 N–H and O–H groups in total. The lowest BCUT2D eigenvalue weighted by Crippen LogP contribution is -2.42. The van der Waals surface area contributed by atoms with Crippen molar-refractivity contribution in [2.24, 2.45) is 0 Å². The third-order valence-corrected chi connectivity index (χ3v) is 2.39. The Morgan fingerprint density at radius 1 is 1.37 bits per heavy atom. The van der Waals surface area contributed by atoms with Gasteiger partial charge in [-0.3, -0.25) is 4.79 Å². The molecular weight excluding hydrogens is 246 g/mol. The molecule has 19 heavy (non-hydrogen) atoms. The smallest absolute Gasteiger partial charge is 0.326 e. The number of carboxylic acids is 1. The molecule has 0 radical (unpaired) electrons. The van der Waals surface area contributed by atoms with E-state index in [0.29, 0.717) is 0 Å². The molecule has 1 rings (SSSR count). The molecule has 0 heterocycles. The number of nitrogens with one attached hydrogen (secondary N) is 1. The van der Waals surface area contributed by atoms with E-state index in [1.54, 1.807) is 6.08 Å². The summed E-state index contributed by atoms with van der Waals surface area (Å²) in [5.41, 5.74) is 0.981. The zero-order valence-electron chi connectivity index (χ0n) is 10.7. The van der Waals surface area contributed by atoms with E-state index in [1.165, 1.54) is 7.11 Å². The van der Waals surface area contributed by atoms with Gasteiger partial charge < -0.3 is 15.2 Å². The molecule has 5 heteroatoms. The first-order chi connectivity index (χ1) is 9.13. The van der Waals surface area contributed by atoms with E-state index < -0.39 is 17.9 Å². The summed E-state index contributed by atoms with van der Waals surface area (Å²) in [7, 11) is 1.38. The summed E-state index contributed by atoms with van der Waals surface area (Å²) in [6.07, 6.45) is 3.76. The molecule has 0 aliphatic heterocycles. The van der Waals surface area contributed by atoms with Gasteiger partial charge >= 0.3 is 5.97 Å². The Labute approximate surface area is 111 Å². The van der Waals surface area contributed by atoms with Gasteiger partial charge in [0.2, 0.25) is 5.91 Å². The average molecular weight is 263 g/mol. The van der Waals surface area contributed by atoms with E-state index in [2.05, 4.69) is 10.1 Å². The number of carboxylic acid groups (broad SMARTS) is 1. The monoisotopic (exact) mass is 263 g/mol. The summed E-state index contributed by atoms with van der Waals surface area (Å²) in [6.45, 7) is -0.147. The SMILES string of the molecule is COCC(=O)N[C@H](C/C=C/c1ccccc1)C(=O)O. The fraction of sp³-hybridized carbons (Fsp3) is 0.286. The molecule has 102 valence electrons. The first-order valence-corrected chi connectivity index (χ1v) is 5.86. The highest BCUT2D eigenvalue weighted by atomic mass is 16.5. The molecule has 0 bridgehead atoms. The van der Waals surface area contributed by atoms with Gasteiger partial charge in [0.15, 0.2) is 0 Å². The lowest BCUT2D eigenvalue weighted by Gasteiger charge is -2.11. The van der Waals surface area contributed by atoms with Gasteiger partial charge in [0.1, 0.15) is 12.6 Å². The second kappa shape index (κ2) is 8.05. The average Bonchev–Trinajstić information content (AvgIpc) is 2.39. The number of rotatable bonds is 7. The van der Waals surface area contributed by atoms with Crippen LogP contribution in [0.2, 0.25) is 0 Å². The third-order valence-electron chi connectivity index (χ3n) is 2.39. The molecule has 0 spiro atoms. The van der Waals surface area contributed by atoms with Gasteiger partial charge in [-0.05, 0) is 12.0 Å². The zero-order valence-corrected chi connectivity index (χ0v) is 10.7. The Kier molecular flexibility index (Phi) is 6.32. The fourth-order valence-corrected chi connectivity index (χ4v) is 1.49. The van der Waals surface area contributed by atoms with Crippen molar-refractivity contribution in [2.75, 3.05) is 13.7 Å². The highest BCUT2D eigenvalue weighted by molar-refractivity contribution is 5.84. The van der Waals surface area contributed by atoms with Crippen molar-refractivity contribution in [3.63, 3.8) is 0 Å². The number of methoxy groups -OCH3 is 1. The molecule has 0 aliphatic carbocycles. The molecule has 1 atom stereocenters. The highest BCUT2D eigenvalue weighted by Crippen LogP contribution is 2.03. The summed E-state index contributed by atoms with van der Waals surface area (Å²) in [6, 6.07) is 8.58. The van der Waals surface area contributed by atoms with Crippen molar-refractivity contribution < 1.29 is 19.4 Å². The largest absolute Gasteiger partial charge is 0.480 e. The van der Waals surface area contributed by atoms with Crippen molar-refractivity contribution in [1.29, 1.82) is 0 Å². The van der Waals surface area contributed by atoms with Gasteiger partial charge in [0.25, 0.3) is 0 Å². The van der Waals surface area contributed by atoms with Gasteiger partial charge in [0.05, 0.1) is 0 Å². The second-order valence-electron chi connectivity index (χ2n) is 3.94. The molecule has 0 aliphatic rings. The molecule has 0 saturated carbocycles. The Morgan fingerprint density at radius 3 is 2.63 bits per heavy atom. The second-order valence-corrected chi connectivity index (χ2v) is 3.94. The van der Waals surface area contributed by atoms with Crippen molar-refractivity contribution in [3.8, 4) is 0 Å². The fourth-order valence-electron chi connectivity index (χ4n) is 1.49. The van der Waals surface area contributed by atoms with Crippen LogP contribution < -0.4 is 5.32 Å². The minimum Gasteiger partial charge on any atom is -0.480 e. The number of hydrogen-bond acceptors (Lipinski definition) is 3. The summed E-state index contributed by atoms with van der Waals surface area (Å²) in [4.78, 5) is 22.3. The van der Waals surface area contributed by atoms with E-state index >= 15 is 0 Å². The van der Waals surface area contributed by atoms with Crippen LogP contribution in [0.1, 0.15) is 12.0 Å². The first kappa shape index (κ1) is 14.9. The Morgan fingerprint density at radius 2 is 2.05 bits per heavy atom. The number of amides is 1. The van der Waals surface area contributed by atoms with Crippen LogP contribution >= 0.6 is 0 Å². The van der Waals surface area contributed by atoms with Gasteiger partial charge in [-0.2, -0.15) is 0 Å². The van der Waals surface area contributed by atoms with Crippen molar-refractivity contribution in [3.05, 3.63) is 42.0 Å². The van der Waals surface area contributed by atoms with Crippen molar-refractivity contribution in [1.82, 2.24) is 5.32 Å². The van der Waals surface area contributed by atoms with Crippen LogP contribution in [0.25, 0.3) is 6.08 Å². The van der Waals surface area contributed by atoms with E-state index in [9.17, 15) is 9.59 Å². The zero-order chi connectivity index (χ0) is 14.1. The van der Waals surface area contributed by atoms with Crippen LogP contribution in [0.4, 0.5) is 0 Å². The number of carbonyl (C=O) groups excluding carboxylic acids is 1. The van der Waals surface area contributed by atoms with Crippen molar-refractivity contribution in [2.45, 2.75) is 12.5 Å². The minimum absolute atomic E-state index is 0.147. The maximum absolute atomic E-state index is 11.3. The molecule has 1 aromatic rings. The Bertz CT molecular complexity index is 442. The van der Waals surface area contributed by atoms with E-state index in [4.69, 9.17) is 5.11 Å². The molecule has 0 aromatic heterocycles. The summed E-state index contributed by atoms with van der Waals surface area (Å²) < 4.78 is 4.64. The van der Waals surface area contributed by atoms with Crippen LogP contribution in [-0.2, 0) is 14.3 Å². The number of benzene rings is 1. The molecule has 1 aromatic carbocycles. The van der Waals surface area contributed by atoms with Gasteiger partial charge in [-0.15, -0.1) is 0 Å². The normalized spacial score (nSPS) is 12.3. The van der Waals surface area contributed by atoms with Crippen LogP contribution in [0.15, 0.2) is 36.4 Å². The highest BCUT2D eigenvalue weighted by Gasteiger charge is 2.17. The Hall–Kier alpha value is -2.14. The molecule has 0 fully saturated rings. The number of aliphatic carboxylic acids is 1. The Balaban J connectivity index is 2.52. The van der Waals surface area contributed by atoms with Crippen molar-refractivity contribution >= 4 is 18.0 Å². The quantitative estimate of drug-likeness (QED) is 0.777. The lowest BCUT2D eigenvalue weighted by atomic mass is 10.1. The maximum Gasteiger partial charge on any atom is 0.326 e. The minimum atomic E-state index is -1.07. The van der Waals surface area contributed by atoms with Crippen LogP contribution in [0, 0.1) is 0 Å². The van der Waals surface area contributed by atoms with Crippen LogP contribution in [-0.4, -0.2) is 36.7 Å². The lowest BCUT2D eigenvalue weighted by molar-refractivity contribution is -0.142. The summed E-state index contributed by atoms with van der Waals surface area (Å²) >= 11 is 0. The standard InChI is InChI=1S/C14H17NO4/c1-19-10-13(16)15-12(14(17)18)9-5-8-11-6-3-2-4-7-11/h2-8,12H,9-10H2,1H3,(H,15,16)(H,17,18)/b8-5+/t12-/m1/s1. The van der Waals surface area contributed by atoms with Gasteiger partial charge in [0, 0.05) is 7.11 Å². The van der Waals surface area contributed by atoms with E-state index in [0.717, 1.165) is 5.56 Å². The predicted octanol–water partition coefficient (Wildman–Crippen LogP) is 1.31. The van der Waals surface area contributed by atoms with Gasteiger partial charge in [-0.1, -0.05) is 42.5 Å².